The number of anilines is 2. The molecule has 6 heteroatoms. The van der Waals surface area contributed by atoms with Crippen molar-refractivity contribution in [1.29, 1.82) is 5.26 Å². The first-order chi connectivity index (χ1) is 10.7. The molecule has 0 atom stereocenters. The molecule has 1 amide bonds. The van der Waals surface area contributed by atoms with E-state index in [-0.39, 0.29) is 11.6 Å². The van der Waals surface area contributed by atoms with Gasteiger partial charge in [-0.05, 0) is 38.1 Å². The van der Waals surface area contributed by atoms with Crippen LogP contribution in [0.3, 0.4) is 0 Å². The predicted molar refractivity (Wildman–Crippen MR) is 83.7 cm³/mol. The Balaban J connectivity index is 2.16. The van der Waals surface area contributed by atoms with E-state index in [2.05, 4.69) is 15.3 Å². The minimum atomic E-state index is 0.00812. The average molecular weight is 295 g/mol. The fourth-order valence-electron chi connectivity index (χ4n) is 2.04. The maximum absolute atomic E-state index is 12.2. The standard InChI is InChI=1S/C16H17N5O/c1-3-21(4-2)16(22)12-5-7-13(8-6-12)20-15-14(11-17)18-9-10-19-15/h5-10H,3-4H2,1-2H3,(H,19,20). The molecule has 1 aromatic heterocycles. The van der Waals surface area contributed by atoms with E-state index in [1.165, 1.54) is 12.4 Å². The van der Waals surface area contributed by atoms with Gasteiger partial charge in [0, 0.05) is 36.7 Å². The zero-order valence-corrected chi connectivity index (χ0v) is 12.6. The zero-order chi connectivity index (χ0) is 15.9. The summed E-state index contributed by atoms with van der Waals surface area (Å²) in [5.74, 6) is 0.404. The second-order valence-corrected chi connectivity index (χ2v) is 4.55. The van der Waals surface area contributed by atoms with Crippen LogP contribution in [0, 0.1) is 11.3 Å². The summed E-state index contributed by atoms with van der Waals surface area (Å²) in [5, 5.41) is 12.0. The van der Waals surface area contributed by atoms with Crippen LogP contribution >= 0.6 is 0 Å². The molecule has 112 valence electrons. The zero-order valence-electron chi connectivity index (χ0n) is 12.6. The van der Waals surface area contributed by atoms with Gasteiger partial charge in [-0.25, -0.2) is 9.97 Å². The summed E-state index contributed by atoms with van der Waals surface area (Å²) in [4.78, 5) is 22.0. The van der Waals surface area contributed by atoms with Crippen LogP contribution in [0.15, 0.2) is 36.7 Å². The third-order valence-corrected chi connectivity index (χ3v) is 3.25. The molecular formula is C16H17N5O. The molecule has 2 rings (SSSR count). The lowest BCUT2D eigenvalue weighted by Crippen LogP contribution is -2.30. The topological polar surface area (TPSA) is 81.9 Å². The number of hydrogen-bond donors (Lipinski definition) is 1. The van der Waals surface area contributed by atoms with E-state index in [0.29, 0.717) is 24.5 Å². The highest BCUT2D eigenvalue weighted by molar-refractivity contribution is 5.94. The highest BCUT2D eigenvalue weighted by atomic mass is 16.2. The van der Waals surface area contributed by atoms with Gasteiger partial charge >= 0.3 is 0 Å². The number of nitrogens with one attached hydrogen (secondary N) is 1. The molecule has 0 fully saturated rings. The monoisotopic (exact) mass is 295 g/mol. The molecule has 22 heavy (non-hydrogen) atoms. The van der Waals surface area contributed by atoms with Crippen LogP contribution in [0.4, 0.5) is 11.5 Å². The van der Waals surface area contributed by atoms with Crippen LogP contribution in [-0.2, 0) is 0 Å². The van der Waals surface area contributed by atoms with E-state index in [0.717, 1.165) is 5.69 Å². The van der Waals surface area contributed by atoms with E-state index in [1.807, 2.05) is 19.9 Å². The Bertz CT molecular complexity index is 686. The van der Waals surface area contributed by atoms with Gasteiger partial charge in [-0.3, -0.25) is 4.79 Å². The van der Waals surface area contributed by atoms with Gasteiger partial charge in [0.05, 0.1) is 0 Å². The number of benzene rings is 1. The van der Waals surface area contributed by atoms with Crippen molar-refractivity contribution in [3.05, 3.63) is 47.9 Å². The Morgan fingerprint density at radius 3 is 2.41 bits per heavy atom. The fraction of sp³-hybridized carbons (Fsp3) is 0.250. The third-order valence-electron chi connectivity index (χ3n) is 3.25. The molecule has 2 aromatic rings. The molecule has 0 saturated carbocycles. The van der Waals surface area contributed by atoms with E-state index in [9.17, 15) is 4.79 Å². The van der Waals surface area contributed by atoms with Gasteiger partial charge < -0.3 is 10.2 Å². The van der Waals surface area contributed by atoms with Crippen LogP contribution in [0.1, 0.15) is 29.9 Å². The van der Waals surface area contributed by atoms with Gasteiger partial charge in [-0.15, -0.1) is 0 Å². The van der Waals surface area contributed by atoms with Crippen molar-refractivity contribution in [2.75, 3.05) is 18.4 Å². The molecule has 0 aliphatic carbocycles. The van der Waals surface area contributed by atoms with Crippen molar-refractivity contribution in [3.8, 4) is 6.07 Å². The molecule has 1 N–H and O–H groups in total. The molecule has 0 unspecified atom stereocenters. The smallest absolute Gasteiger partial charge is 0.253 e. The SMILES string of the molecule is CCN(CC)C(=O)c1ccc(Nc2nccnc2C#N)cc1. The van der Waals surface area contributed by atoms with Crippen LogP contribution in [0.5, 0.6) is 0 Å². The Hall–Kier alpha value is -2.94. The van der Waals surface area contributed by atoms with Crippen molar-refractivity contribution < 1.29 is 4.79 Å². The first kappa shape index (κ1) is 15.4. The van der Waals surface area contributed by atoms with E-state index in [1.54, 1.807) is 29.2 Å². The summed E-state index contributed by atoms with van der Waals surface area (Å²) in [5.41, 5.74) is 1.60. The predicted octanol–water partition coefficient (Wildman–Crippen LogP) is 2.57. The van der Waals surface area contributed by atoms with Crippen LogP contribution in [-0.4, -0.2) is 33.9 Å². The molecule has 1 heterocycles. The summed E-state index contributed by atoms with van der Waals surface area (Å²) in [6.45, 7) is 5.27. The normalized spacial score (nSPS) is 9.86. The number of amides is 1. The molecule has 6 nitrogen and oxygen atoms in total. The molecule has 0 spiro atoms. The third kappa shape index (κ3) is 3.38. The minimum absolute atomic E-state index is 0.00812. The van der Waals surface area contributed by atoms with Gasteiger partial charge in [0.1, 0.15) is 6.07 Å². The van der Waals surface area contributed by atoms with E-state index < -0.39 is 0 Å². The number of carbonyl (C=O) groups is 1. The fourth-order valence-corrected chi connectivity index (χ4v) is 2.04. The minimum Gasteiger partial charge on any atom is -0.339 e. The number of hydrogen-bond acceptors (Lipinski definition) is 5. The highest BCUT2D eigenvalue weighted by Gasteiger charge is 2.12. The number of nitriles is 1. The van der Waals surface area contributed by atoms with Gasteiger partial charge in [-0.2, -0.15) is 5.26 Å². The van der Waals surface area contributed by atoms with Gasteiger partial charge in [0.15, 0.2) is 11.5 Å². The lowest BCUT2D eigenvalue weighted by Gasteiger charge is -2.18. The second kappa shape index (κ2) is 7.18. The Kier molecular flexibility index (Phi) is 5.04. The van der Waals surface area contributed by atoms with Crippen molar-refractivity contribution >= 4 is 17.4 Å². The molecule has 0 bridgehead atoms. The maximum atomic E-state index is 12.2. The highest BCUT2D eigenvalue weighted by Crippen LogP contribution is 2.17. The summed E-state index contributed by atoms with van der Waals surface area (Å²) < 4.78 is 0. The number of carbonyl (C=O) groups excluding carboxylic acids is 1. The second-order valence-electron chi connectivity index (χ2n) is 4.55. The summed E-state index contributed by atoms with van der Waals surface area (Å²) >= 11 is 0. The van der Waals surface area contributed by atoms with Gasteiger partial charge in [-0.1, -0.05) is 0 Å². The Morgan fingerprint density at radius 1 is 1.18 bits per heavy atom. The molecule has 0 aliphatic rings. The van der Waals surface area contributed by atoms with Crippen molar-refractivity contribution in [2.24, 2.45) is 0 Å². The molecular weight excluding hydrogens is 278 g/mol. The van der Waals surface area contributed by atoms with Crippen molar-refractivity contribution in [1.82, 2.24) is 14.9 Å². The van der Waals surface area contributed by atoms with Crippen LogP contribution in [0.25, 0.3) is 0 Å². The summed E-state index contributed by atoms with van der Waals surface area (Å²) in [6.07, 6.45) is 2.98. The quantitative estimate of drug-likeness (QED) is 0.916. The van der Waals surface area contributed by atoms with Crippen LogP contribution in [0.2, 0.25) is 0 Å². The van der Waals surface area contributed by atoms with Gasteiger partial charge in [0.2, 0.25) is 0 Å². The summed E-state index contributed by atoms with van der Waals surface area (Å²) in [6, 6.07) is 9.06. The molecule has 1 aromatic carbocycles. The molecule has 0 aliphatic heterocycles. The van der Waals surface area contributed by atoms with Crippen molar-refractivity contribution in [2.45, 2.75) is 13.8 Å². The lowest BCUT2D eigenvalue weighted by atomic mass is 10.1. The average Bonchev–Trinajstić information content (AvgIpc) is 2.57. The van der Waals surface area contributed by atoms with E-state index in [4.69, 9.17) is 5.26 Å². The summed E-state index contributed by atoms with van der Waals surface area (Å²) in [7, 11) is 0. The Labute approximate surface area is 129 Å². The van der Waals surface area contributed by atoms with Crippen LogP contribution < -0.4 is 5.32 Å². The number of rotatable bonds is 5. The van der Waals surface area contributed by atoms with Crippen molar-refractivity contribution in [3.63, 3.8) is 0 Å². The largest absolute Gasteiger partial charge is 0.339 e. The first-order valence-electron chi connectivity index (χ1n) is 7.07. The molecule has 0 saturated heterocycles. The first-order valence-corrected chi connectivity index (χ1v) is 7.07. The van der Waals surface area contributed by atoms with Gasteiger partial charge in [0.25, 0.3) is 5.91 Å². The Morgan fingerprint density at radius 2 is 1.82 bits per heavy atom. The number of aromatic nitrogens is 2. The van der Waals surface area contributed by atoms with E-state index >= 15 is 0 Å². The lowest BCUT2D eigenvalue weighted by molar-refractivity contribution is 0.0773. The number of nitrogens with zero attached hydrogens (tertiary/aromatic N) is 4. The molecule has 0 radical (unpaired) electrons. The maximum Gasteiger partial charge on any atom is 0.253 e.